The first kappa shape index (κ1) is 15.9. The maximum absolute atomic E-state index is 6.21. The second kappa shape index (κ2) is 6.11. The quantitative estimate of drug-likeness (QED) is 0.842. The summed E-state index contributed by atoms with van der Waals surface area (Å²) in [6.07, 6.45) is 8.55. The predicted octanol–water partition coefficient (Wildman–Crippen LogP) is 3.53. The minimum atomic E-state index is -0.168. The molecule has 6 heteroatoms. The molecular formula is C19H24N4OS. The molecule has 0 atom stereocenters. The van der Waals surface area contributed by atoms with Gasteiger partial charge < -0.3 is 4.74 Å². The van der Waals surface area contributed by atoms with E-state index in [-0.39, 0.29) is 5.60 Å². The minimum absolute atomic E-state index is 0.168. The van der Waals surface area contributed by atoms with Crippen LogP contribution in [-0.2, 0) is 23.5 Å². The SMILES string of the molecule is Cc1ncsc1CN1CC2(C1)OCc1nc(C3CCCCC3)ncc12. The highest BCUT2D eigenvalue weighted by Gasteiger charge is 2.51. The maximum Gasteiger partial charge on any atom is 0.131 e. The van der Waals surface area contributed by atoms with E-state index >= 15 is 0 Å². The monoisotopic (exact) mass is 356 g/mol. The molecule has 0 radical (unpaired) electrons. The van der Waals surface area contributed by atoms with E-state index in [1.807, 2.05) is 5.51 Å². The summed E-state index contributed by atoms with van der Waals surface area (Å²) >= 11 is 1.74. The molecule has 132 valence electrons. The van der Waals surface area contributed by atoms with Gasteiger partial charge in [0.2, 0.25) is 0 Å². The van der Waals surface area contributed by atoms with E-state index in [9.17, 15) is 0 Å². The third kappa shape index (κ3) is 2.71. The Balaban J connectivity index is 1.30. The molecule has 1 saturated heterocycles. The van der Waals surface area contributed by atoms with E-state index in [1.54, 1.807) is 11.3 Å². The minimum Gasteiger partial charge on any atom is -0.361 e. The van der Waals surface area contributed by atoms with Gasteiger partial charge in [-0.05, 0) is 19.8 Å². The van der Waals surface area contributed by atoms with Crippen molar-refractivity contribution in [2.75, 3.05) is 13.1 Å². The van der Waals surface area contributed by atoms with Crippen LogP contribution in [0.3, 0.4) is 0 Å². The van der Waals surface area contributed by atoms with Crippen LogP contribution in [0.5, 0.6) is 0 Å². The summed E-state index contributed by atoms with van der Waals surface area (Å²) < 4.78 is 6.21. The van der Waals surface area contributed by atoms with Crippen molar-refractivity contribution in [3.63, 3.8) is 0 Å². The predicted molar refractivity (Wildman–Crippen MR) is 96.5 cm³/mol. The molecule has 1 aliphatic carbocycles. The summed E-state index contributed by atoms with van der Waals surface area (Å²) in [5.41, 5.74) is 5.27. The number of fused-ring (bicyclic) bond motifs is 2. The highest BCUT2D eigenvalue weighted by atomic mass is 32.1. The maximum atomic E-state index is 6.21. The third-order valence-corrected chi connectivity index (χ3v) is 6.92. The fourth-order valence-electron chi connectivity index (χ4n) is 4.50. The van der Waals surface area contributed by atoms with Crippen molar-refractivity contribution in [2.45, 2.75) is 63.7 Å². The van der Waals surface area contributed by atoms with Gasteiger partial charge >= 0.3 is 0 Å². The normalized spacial score (nSPS) is 22.9. The van der Waals surface area contributed by atoms with Crippen molar-refractivity contribution in [1.29, 1.82) is 0 Å². The summed E-state index contributed by atoms with van der Waals surface area (Å²) in [7, 11) is 0. The van der Waals surface area contributed by atoms with Crippen molar-refractivity contribution < 1.29 is 4.74 Å². The standard InChI is InChI=1S/C19H24N4OS/c1-13-17(25-12-21-13)8-23-10-19(11-23)15-7-20-18(22-16(15)9-24-19)14-5-3-2-4-6-14/h7,12,14H,2-6,8-11H2,1H3. The molecule has 0 unspecified atom stereocenters. The molecule has 5 nitrogen and oxygen atoms in total. The zero-order valence-electron chi connectivity index (χ0n) is 14.7. The number of thiazole rings is 1. The fraction of sp³-hybridized carbons (Fsp3) is 0.632. The first-order valence-corrected chi connectivity index (χ1v) is 10.2. The van der Waals surface area contributed by atoms with Crippen LogP contribution >= 0.6 is 11.3 Å². The number of hydrogen-bond donors (Lipinski definition) is 0. The van der Waals surface area contributed by atoms with E-state index in [0.717, 1.165) is 36.8 Å². The van der Waals surface area contributed by atoms with Crippen molar-refractivity contribution in [2.24, 2.45) is 0 Å². The van der Waals surface area contributed by atoms with Crippen LogP contribution in [0.25, 0.3) is 0 Å². The Kier molecular flexibility index (Phi) is 3.87. The van der Waals surface area contributed by atoms with Crippen LogP contribution in [0.2, 0.25) is 0 Å². The van der Waals surface area contributed by atoms with Crippen LogP contribution in [0, 0.1) is 6.92 Å². The lowest BCUT2D eigenvalue weighted by atomic mass is 9.86. The van der Waals surface area contributed by atoms with Gasteiger partial charge in [0.15, 0.2) is 0 Å². The van der Waals surface area contributed by atoms with Gasteiger partial charge in [0.05, 0.1) is 23.5 Å². The zero-order valence-corrected chi connectivity index (χ0v) is 15.5. The number of rotatable bonds is 3. The summed E-state index contributed by atoms with van der Waals surface area (Å²) in [5.74, 6) is 1.61. The Bertz CT molecular complexity index is 777. The Morgan fingerprint density at radius 1 is 1.24 bits per heavy atom. The summed E-state index contributed by atoms with van der Waals surface area (Å²) in [4.78, 5) is 17.8. The van der Waals surface area contributed by atoms with Crippen molar-refractivity contribution >= 4 is 11.3 Å². The number of nitrogens with zero attached hydrogens (tertiary/aromatic N) is 4. The second-order valence-electron chi connectivity index (χ2n) is 7.71. The van der Waals surface area contributed by atoms with Crippen LogP contribution in [0.15, 0.2) is 11.7 Å². The van der Waals surface area contributed by atoms with Crippen LogP contribution in [0.1, 0.15) is 65.7 Å². The second-order valence-corrected chi connectivity index (χ2v) is 8.65. The van der Waals surface area contributed by atoms with Crippen molar-refractivity contribution in [1.82, 2.24) is 19.9 Å². The highest BCUT2D eigenvalue weighted by Crippen LogP contribution is 2.44. The van der Waals surface area contributed by atoms with E-state index in [4.69, 9.17) is 14.7 Å². The molecular weight excluding hydrogens is 332 g/mol. The van der Waals surface area contributed by atoms with Crippen LogP contribution in [-0.4, -0.2) is 32.9 Å². The zero-order chi connectivity index (χ0) is 16.9. The van der Waals surface area contributed by atoms with Crippen LogP contribution < -0.4 is 0 Å². The molecule has 0 amide bonds. The molecule has 3 aliphatic rings. The van der Waals surface area contributed by atoms with Gasteiger partial charge in [-0.15, -0.1) is 11.3 Å². The lowest BCUT2D eigenvalue weighted by molar-refractivity contribution is -0.144. The topological polar surface area (TPSA) is 51.1 Å². The number of aromatic nitrogens is 3. The smallest absolute Gasteiger partial charge is 0.131 e. The highest BCUT2D eigenvalue weighted by molar-refractivity contribution is 7.09. The van der Waals surface area contributed by atoms with Gasteiger partial charge in [0.25, 0.3) is 0 Å². The molecule has 0 aromatic carbocycles. The molecule has 2 aromatic rings. The lowest BCUT2D eigenvalue weighted by Crippen LogP contribution is -2.58. The summed E-state index contributed by atoms with van der Waals surface area (Å²) in [6, 6.07) is 0. The molecule has 1 spiro atoms. The first-order chi connectivity index (χ1) is 12.2. The average molecular weight is 356 g/mol. The van der Waals surface area contributed by atoms with E-state index in [2.05, 4.69) is 23.0 Å². The molecule has 1 saturated carbocycles. The Morgan fingerprint density at radius 2 is 2.08 bits per heavy atom. The molecule has 0 N–H and O–H groups in total. The van der Waals surface area contributed by atoms with Gasteiger partial charge in [-0.25, -0.2) is 15.0 Å². The van der Waals surface area contributed by atoms with Crippen LogP contribution in [0.4, 0.5) is 0 Å². The number of ether oxygens (including phenoxy) is 1. The molecule has 2 fully saturated rings. The number of hydrogen-bond acceptors (Lipinski definition) is 6. The van der Waals surface area contributed by atoms with E-state index in [0.29, 0.717) is 12.5 Å². The Morgan fingerprint density at radius 3 is 2.84 bits per heavy atom. The summed E-state index contributed by atoms with van der Waals surface area (Å²) in [5, 5.41) is 0. The van der Waals surface area contributed by atoms with Gasteiger partial charge in [-0.2, -0.15) is 0 Å². The van der Waals surface area contributed by atoms with Gasteiger partial charge in [0.1, 0.15) is 11.4 Å². The number of aryl methyl sites for hydroxylation is 1. The van der Waals surface area contributed by atoms with Crippen molar-refractivity contribution in [3.05, 3.63) is 39.4 Å². The fourth-order valence-corrected chi connectivity index (χ4v) is 5.31. The lowest BCUT2D eigenvalue weighted by Gasteiger charge is -2.47. The van der Waals surface area contributed by atoms with Gasteiger partial charge in [-0.1, -0.05) is 19.3 Å². The molecule has 5 rings (SSSR count). The Labute approximate surface area is 152 Å². The molecule has 2 aliphatic heterocycles. The summed E-state index contributed by atoms with van der Waals surface area (Å²) in [6.45, 7) is 5.57. The molecule has 0 bridgehead atoms. The molecule has 2 aromatic heterocycles. The third-order valence-electron chi connectivity index (χ3n) is 6.00. The largest absolute Gasteiger partial charge is 0.361 e. The van der Waals surface area contributed by atoms with Crippen molar-refractivity contribution in [3.8, 4) is 0 Å². The average Bonchev–Trinajstić information content (AvgIpc) is 3.19. The first-order valence-electron chi connectivity index (χ1n) is 9.35. The number of likely N-dealkylation sites (tertiary alicyclic amines) is 1. The molecule has 4 heterocycles. The van der Waals surface area contributed by atoms with Gasteiger partial charge in [0, 0.05) is 42.2 Å². The molecule has 25 heavy (non-hydrogen) atoms. The van der Waals surface area contributed by atoms with E-state index in [1.165, 1.54) is 42.5 Å². The van der Waals surface area contributed by atoms with Gasteiger partial charge in [-0.3, -0.25) is 4.90 Å². The Hall–Kier alpha value is -1.37. The van der Waals surface area contributed by atoms with E-state index < -0.39 is 0 Å².